The predicted molar refractivity (Wildman–Crippen MR) is 102 cm³/mol. The number of primary amides is 1. The van der Waals surface area contributed by atoms with E-state index in [1.54, 1.807) is 0 Å². The van der Waals surface area contributed by atoms with Crippen molar-refractivity contribution in [2.45, 2.75) is 58.0 Å². The molecule has 1 heterocycles. The first-order chi connectivity index (χ1) is 12.4. The highest BCUT2D eigenvalue weighted by Crippen LogP contribution is 2.29. The van der Waals surface area contributed by atoms with Gasteiger partial charge in [0.1, 0.15) is 0 Å². The minimum absolute atomic E-state index is 0.127. The maximum absolute atomic E-state index is 12.8. The lowest BCUT2D eigenvalue weighted by Crippen LogP contribution is -2.47. The number of carbonyl (C=O) groups excluding carboxylic acids is 2. The van der Waals surface area contributed by atoms with Gasteiger partial charge in [0.25, 0.3) is 0 Å². The number of hydrogen-bond acceptors (Lipinski definition) is 3. The minimum atomic E-state index is -0.285. The standard InChI is InChI=1S/C21H31N3O2/c1-15(2)17-7-5-16(6-8-17)12-24(19-9-10-19)14-20(25)23-11-3-4-18(13-23)21(22)26/h5-8,15,18-19H,3-4,9-14H2,1-2H3,(H2,22,26). The Kier molecular flexibility index (Phi) is 5.97. The number of nitrogens with two attached hydrogens (primary N) is 1. The summed E-state index contributed by atoms with van der Waals surface area (Å²) in [5, 5.41) is 0. The van der Waals surface area contributed by atoms with Crippen LogP contribution in [0.15, 0.2) is 24.3 Å². The van der Waals surface area contributed by atoms with E-state index in [0.29, 0.717) is 25.0 Å². The van der Waals surface area contributed by atoms with Gasteiger partial charge in [-0.15, -0.1) is 0 Å². The largest absolute Gasteiger partial charge is 0.369 e. The molecule has 2 aliphatic rings. The van der Waals surface area contributed by atoms with E-state index in [1.807, 2.05) is 4.90 Å². The van der Waals surface area contributed by atoms with Crippen molar-refractivity contribution in [3.8, 4) is 0 Å². The number of nitrogens with zero attached hydrogens (tertiary/aromatic N) is 2. The lowest BCUT2D eigenvalue weighted by molar-refractivity contribution is -0.136. The second-order valence-corrected chi connectivity index (χ2v) is 8.11. The number of rotatable bonds is 7. The van der Waals surface area contributed by atoms with Gasteiger partial charge in [0.05, 0.1) is 12.5 Å². The van der Waals surface area contributed by atoms with Crippen molar-refractivity contribution in [2.24, 2.45) is 11.7 Å². The van der Waals surface area contributed by atoms with Crippen LogP contribution in [0, 0.1) is 5.92 Å². The maximum atomic E-state index is 12.8. The molecule has 0 aromatic heterocycles. The number of piperidine rings is 1. The van der Waals surface area contributed by atoms with Crippen molar-refractivity contribution in [2.75, 3.05) is 19.6 Å². The monoisotopic (exact) mass is 357 g/mol. The van der Waals surface area contributed by atoms with Gasteiger partial charge in [-0.1, -0.05) is 38.1 Å². The van der Waals surface area contributed by atoms with E-state index >= 15 is 0 Å². The Morgan fingerprint density at radius 1 is 1.19 bits per heavy atom. The van der Waals surface area contributed by atoms with Crippen LogP contribution in [0.1, 0.15) is 56.6 Å². The minimum Gasteiger partial charge on any atom is -0.369 e. The van der Waals surface area contributed by atoms with E-state index in [1.165, 1.54) is 24.0 Å². The van der Waals surface area contributed by atoms with Crippen molar-refractivity contribution in [1.29, 1.82) is 0 Å². The van der Waals surface area contributed by atoms with Gasteiger partial charge in [0.15, 0.2) is 0 Å². The molecule has 1 aliphatic heterocycles. The van der Waals surface area contributed by atoms with E-state index in [-0.39, 0.29) is 17.7 Å². The summed E-state index contributed by atoms with van der Waals surface area (Å²) in [5.41, 5.74) is 8.03. The van der Waals surface area contributed by atoms with E-state index in [9.17, 15) is 9.59 Å². The molecule has 26 heavy (non-hydrogen) atoms. The molecule has 1 saturated heterocycles. The summed E-state index contributed by atoms with van der Waals surface area (Å²) in [4.78, 5) is 28.3. The molecule has 2 amide bonds. The fourth-order valence-electron chi connectivity index (χ4n) is 3.71. The van der Waals surface area contributed by atoms with E-state index < -0.39 is 0 Å². The first kappa shape index (κ1) is 18.9. The lowest BCUT2D eigenvalue weighted by Gasteiger charge is -2.33. The summed E-state index contributed by atoms with van der Waals surface area (Å²) < 4.78 is 0. The third-order valence-corrected chi connectivity index (χ3v) is 5.61. The van der Waals surface area contributed by atoms with Gasteiger partial charge in [-0.25, -0.2) is 0 Å². The lowest BCUT2D eigenvalue weighted by atomic mass is 9.97. The SMILES string of the molecule is CC(C)c1ccc(CN(CC(=O)N2CCCC(C(N)=O)C2)C2CC2)cc1. The average molecular weight is 357 g/mol. The smallest absolute Gasteiger partial charge is 0.236 e. The molecule has 1 aromatic rings. The topological polar surface area (TPSA) is 66.6 Å². The van der Waals surface area contributed by atoms with Crippen LogP contribution in [-0.2, 0) is 16.1 Å². The van der Waals surface area contributed by atoms with Crippen molar-refractivity contribution in [3.63, 3.8) is 0 Å². The van der Waals surface area contributed by atoms with Gasteiger partial charge in [0.2, 0.25) is 11.8 Å². The summed E-state index contributed by atoms with van der Waals surface area (Å²) in [6, 6.07) is 9.25. The summed E-state index contributed by atoms with van der Waals surface area (Å²) in [6.45, 7) is 6.86. The fourth-order valence-corrected chi connectivity index (χ4v) is 3.71. The molecule has 0 radical (unpaired) electrons. The summed E-state index contributed by atoms with van der Waals surface area (Å²) in [5.74, 6) is 0.182. The van der Waals surface area contributed by atoms with Gasteiger partial charge in [-0.3, -0.25) is 14.5 Å². The zero-order chi connectivity index (χ0) is 18.7. The molecule has 1 atom stereocenters. The molecule has 1 saturated carbocycles. The Labute approximate surface area is 156 Å². The second-order valence-electron chi connectivity index (χ2n) is 8.11. The average Bonchev–Trinajstić information content (AvgIpc) is 3.46. The Hall–Kier alpha value is -1.88. The van der Waals surface area contributed by atoms with Gasteiger partial charge in [0, 0.05) is 25.7 Å². The molecule has 142 valence electrons. The Morgan fingerprint density at radius 2 is 1.88 bits per heavy atom. The van der Waals surface area contributed by atoms with E-state index in [0.717, 1.165) is 25.9 Å². The molecule has 0 bridgehead atoms. The van der Waals surface area contributed by atoms with E-state index in [2.05, 4.69) is 43.0 Å². The molecule has 3 rings (SSSR count). The van der Waals surface area contributed by atoms with Crippen LogP contribution in [-0.4, -0.2) is 47.3 Å². The second kappa shape index (κ2) is 8.21. The third kappa shape index (κ3) is 4.85. The molecule has 5 heteroatoms. The molecule has 0 spiro atoms. The van der Waals surface area contributed by atoms with Gasteiger partial charge in [-0.05, 0) is 42.7 Å². The third-order valence-electron chi connectivity index (χ3n) is 5.61. The van der Waals surface area contributed by atoms with Crippen molar-refractivity contribution < 1.29 is 9.59 Å². The quantitative estimate of drug-likeness (QED) is 0.815. The first-order valence-electron chi connectivity index (χ1n) is 9.84. The van der Waals surface area contributed by atoms with Crippen LogP contribution in [0.25, 0.3) is 0 Å². The number of amides is 2. The molecular formula is C21H31N3O2. The van der Waals surface area contributed by atoms with Gasteiger partial charge >= 0.3 is 0 Å². The van der Waals surface area contributed by atoms with Crippen molar-refractivity contribution in [3.05, 3.63) is 35.4 Å². The molecular weight excluding hydrogens is 326 g/mol. The van der Waals surface area contributed by atoms with Gasteiger partial charge < -0.3 is 10.6 Å². The van der Waals surface area contributed by atoms with Crippen LogP contribution in [0.3, 0.4) is 0 Å². The zero-order valence-electron chi connectivity index (χ0n) is 16.0. The van der Waals surface area contributed by atoms with Crippen molar-refractivity contribution in [1.82, 2.24) is 9.80 Å². The molecule has 1 aliphatic carbocycles. The molecule has 1 unspecified atom stereocenters. The Balaban J connectivity index is 1.59. The summed E-state index contributed by atoms with van der Waals surface area (Å²) in [7, 11) is 0. The predicted octanol–water partition coefficient (Wildman–Crippen LogP) is 2.50. The zero-order valence-corrected chi connectivity index (χ0v) is 16.0. The normalized spacial score (nSPS) is 20.6. The number of carbonyl (C=O) groups is 2. The van der Waals surface area contributed by atoms with Crippen LogP contribution in [0.5, 0.6) is 0 Å². The number of benzene rings is 1. The van der Waals surface area contributed by atoms with E-state index in [4.69, 9.17) is 5.73 Å². The number of likely N-dealkylation sites (tertiary alicyclic amines) is 1. The van der Waals surface area contributed by atoms with Crippen LogP contribution < -0.4 is 5.73 Å². The molecule has 2 N–H and O–H groups in total. The number of hydrogen-bond donors (Lipinski definition) is 1. The molecule has 1 aromatic carbocycles. The maximum Gasteiger partial charge on any atom is 0.236 e. The Morgan fingerprint density at radius 3 is 2.46 bits per heavy atom. The first-order valence-corrected chi connectivity index (χ1v) is 9.84. The van der Waals surface area contributed by atoms with Crippen LogP contribution in [0.2, 0.25) is 0 Å². The Bertz CT molecular complexity index is 637. The highest BCUT2D eigenvalue weighted by Gasteiger charge is 2.33. The molecule has 2 fully saturated rings. The van der Waals surface area contributed by atoms with Crippen LogP contribution in [0.4, 0.5) is 0 Å². The van der Waals surface area contributed by atoms with Gasteiger partial charge in [-0.2, -0.15) is 0 Å². The molecule has 5 nitrogen and oxygen atoms in total. The fraction of sp³-hybridized carbons (Fsp3) is 0.619. The highest BCUT2D eigenvalue weighted by molar-refractivity contribution is 5.81. The van der Waals surface area contributed by atoms with Crippen LogP contribution >= 0.6 is 0 Å². The van der Waals surface area contributed by atoms with Crippen molar-refractivity contribution >= 4 is 11.8 Å². The summed E-state index contributed by atoms with van der Waals surface area (Å²) >= 11 is 0. The highest BCUT2D eigenvalue weighted by atomic mass is 16.2. The summed E-state index contributed by atoms with van der Waals surface area (Å²) in [6.07, 6.45) is 4.00.